The molecule has 5 nitrogen and oxygen atoms in total. The van der Waals surface area contributed by atoms with Crippen LogP contribution in [0.25, 0.3) is 0 Å². The van der Waals surface area contributed by atoms with E-state index in [0.29, 0.717) is 11.5 Å². The number of carbonyl (C=O) groups is 1. The largest absolute Gasteiger partial charge is 0.478 e. The molecule has 16 heavy (non-hydrogen) atoms. The number of nitrogens with zero attached hydrogens (tertiary/aromatic N) is 2. The Kier molecular flexibility index (Phi) is 2.87. The Morgan fingerprint density at radius 1 is 1.62 bits per heavy atom. The van der Waals surface area contributed by atoms with E-state index in [1.807, 2.05) is 6.92 Å². The highest BCUT2D eigenvalue weighted by molar-refractivity contribution is 5.88. The van der Waals surface area contributed by atoms with Crippen LogP contribution in [-0.4, -0.2) is 28.2 Å². The molecule has 0 saturated heterocycles. The summed E-state index contributed by atoms with van der Waals surface area (Å²) in [5.41, 5.74) is 0.871. The molecule has 0 radical (unpaired) electrons. The van der Waals surface area contributed by atoms with Crippen molar-refractivity contribution in [3.63, 3.8) is 0 Å². The molecule has 0 aromatic carbocycles. The van der Waals surface area contributed by atoms with Gasteiger partial charge in [-0.3, -0.25) is 0 Å². The van der Waals surface area contributed by atoms with Gasteiger partial charge in [-0.2, -0.15) is 0 Å². The third-order valence-corrected chi connectivity index (χ3v) is 2.75. The summed E-state index contributed by atoms with van der Waals surface area (Å²) in [4.78, 5) is 19.3. The SMILES string of the molecule is COC(C)c1ncc(C(=O)O)c(C2CC2)n1. The standard InChI is InChI=1S/C11H14N2O3/c1-6(16-2)10-12-5-8(11(14)15)9(13-10)7-3-4-7/h5-7H,3-4H2,1-2H3,(H,14,15). The summed E-state index contributed by atoms with van der Waals surface area (Å²) in [5, 5.41) is 9.02. The van der Waals surface area contributed by atoms with E-state index in [2.05, 4.69) is 9.97 Å². The Labute approximate surface area is 93.5 Å². The fourth-order valence-corrected chi connectivity index (χ4v) is 1.54. The van der Waals surface area contributed by atoms with E-state index in [9.17, 15) is 4.79 Å². The first kappa shape index (κ1) is 11.0. The van der Waals surface area contributed by atoms with Crippen LogP contribution in [0.1, 0.15) is 53.7 Å². The lowest BCUT2D eigenvalue weighted by Gasteiger charge is -2.10. The Hall–Kier alpha value is -1.49. The number of carboxylic acids is 1. The number of rotatable bonds is 4. The van der Waals surface area contributed by atoms with E-state index in [-0.39, 0.29) is 17.6 Å². The van der Waals surface area contributed by atoms with Crippen LogP contribution in [0.5, 0.6) is 0 Å². The van der Waals surface area contributed by atoms with Crippen LogP contribution in [-0.2, 0) is 4.74 Å². The normalized spacial score (nSPS) is 17.1. The summed E-state index contributed by atoms with van der Waals surface area (Å²) < 4.78 is 5.12. The minimum absolute atomic E-state index is 0.208. The van der Waals surface area contributed by atoms with E-state index in [0.717, 1.165) is 12.8 Å². The van der Waals surface area contributed by atoms with Gasteiger partial charge >= 0.3 is 5.97 Å². The van der Waals surface area contributed by atoms with Crippen molar-refractivity contribution in [3.05, 3.63) is 23.3 Å². The highest BCUT2D eigenvalue weighted by atomic mass is 16.5. The second kappa shape index (κ2) is 4.17. The molecule has 1 saturated carbocycles. The summed E-state index contributed by atoms with van der Waals surface area (Å²) in [6.07, 6.45) is 3.20. The topological polar surface area (TPSA) is 72.3 Å². The highest BCUT2D eigenvalue weighted by Gasteiger charge is 2.30. The molecule has 0 bridgehead atoms. The van der Waals surface area contributed by atoms with Gasteiger partial charge in [0.2, 0.25) is 0 Å². The number of ether oxygens (including phenoxy) is 1. The summed E-state index contributed by atoms with van der Waals surface area (Å²) in [6.45, 7) is 1.84. The van der Waals surface area contributed by atoms with Crippen LogP contribution in [0, 0.1) is 0 Å². The van der Waals surface area contributed by atoms with E-state index < -0.39 is 5.97 Å². The van der Waals surface area contributed by atoms with Crippen LogP contribution >= 0.6 is 0 Å². The average molecular weight is 222 g/mol. The van der Waals surface area contributed by atoms with E-state index in [1.165, 1.54) is 6.20 Å². The molecular weight excluding hydrogens is 208 g/mol. The fraction of sp³-hybridized carbons (Fsp3) is 0.545. The number of methoxy groups -OCH3 is 1. The average Bonchev–Trinajstić information content (AvgIpc) is 3.10. The van der Waals surface area contributed by atoms with Gasteiger partial charge in [-0.05, 0) is 19.8 Å². The predicted molar refractivity (Wildman–Crippen MR) is 56.4 cm³/mol. The quantitative estimate of drug-likeness (QED) is 0.840. The number of aromatic nitrogens is 2. The molecule has 1 unspecified atom stereocenters. The molecule has 2 rings (SSSR count). The second-order valence-corrected chi connectivity index (χ2v) is 3.98. The van der Waals surface area contributed by atoms with Crippen molar-refractivity contribution in [1.29, 1.82) is 0 Å². The molecule has 86 valence electrons. The van der Waals surface area contributed by atoms with Gasteiger partial charge < -0.3 is 9.84 Å². The molecule has 0 spiro atoms. The zero-order valence-electron chi connectivity index (χ0n) is 9.30. The molecule has 1 heterocycles. The van der Waals surface area contributed by atoms with Crippen LogP contribution < -0.4 is 0 Å². The van der Waals surface area contributed by atoms with Gasteiger partial charge in [0.1, 0.15) is 6.10 Å². The van der Waals surface area contributed by atoms with Crippen molar-refractivity contribution in [2.75, 3.05) is 7.11 Å². The Balaban J connectivity index is 2.39. The monoisotopic (exact) mass is 222 g/mol. The van der Waals surface area contributed by atoms with Gasteiger partial charge in [-0.15, -0.1) is 0 Å². The Morgan fingerprint density at radius 2 is 2.31 bits per heavy atom. The summed E-state index contributed by atoms with van der Waals surface area (Å²) in [7, 11) is 1.58. The Bertz CT molecular complexity index is 416. The van der Waals surface area contributed by atoms with Crippen molar-refractivity contribution >= 4 is 5.97 Å². The van der Waals surface area contributed by atoms with Gasteiger partial charge in [0.15, 0.2) is 5.82 Å². The number of aromatic carboxylic acids is 1. The van der Waals surface area contributed by atoms with Gasteiger partial charge in [0, 0.05) is 19.2 Å². The lowest BCUT2D eigenvalue weighted by Crippen LogP contribution is -2.10. The Morgan fingerprint density at radius 3 is 2.81 bits per heavy atom. The van der Waals surface area contributed by atoms with E-state index >= 15 is 0 Å². The molecule has 1 fully saturated rings. The van der Waals surface area contributed by atoms with Crippen molar-refractivity contribution in [1.82, 2.24) is 9.97 Å². The molecular formula is C11H14N2O3. The van der Waals surface area contributed by atoms with Crippen molar-refractivity contribution in [3.8, 4) is 0 Å². The molecule has 0 amide bonds. The molecule has 1 aromatic rings. The highest BCUT2D eigenvalue weighted by Crippen LogP contribution is 2.40. The molecule has 1 N–H and O–H groups in total. The summed E-state index contributed by atoms with van der Waals surface area (Å²) in [6, 6.07) is 0. The zero-order valence-corrected chi connectivity index (χ0v) is 9.30. The lowest BCUT2D eigenvalue weighted by molar-refractivity contribution is 0.0693. The number of hydrogen-bond acceptors (Lipinski definition) is 4. The van der Waals surface area contributed by atoms with Crippen molar-refractivity contribution in [2.24, 2.45) is 0 Å². The van der Waals surface area contributed by atoms with Crippen molar-refractivity contribution < 1.29 is 14.6 Å². The van der Waals surface area contributed by atoms with Gasteiger partial charge in [0.25, 0.3) is 0 Å². The predicted octanol–water partition coefficient (Wildman–Crippen LogP) is 1.76. The fourth-order valence-electron chi connectivity index (χ4n) is 1.54. The van der Waals surface area contributed by atoms with E-state index in [1.54, 1.807) is 7.11 Å². The minimum Gasteiger partial charge on any atom is -0.478 e. The lowest BCUT2D eigenvalue weighted by atomic mass is 10.1. The maximum Gasteiger partial charge on any atom is 0.339 e. The molecule has 1 aliphatic carbocycles. The molecule has 1 aliphatic rings. The van der Waals surface area contributed by atoms with Gasteiger partial charge in [-0.1, -0.05) is 0 Å². The minimum atomic E-state index is -0.960. The molecule has 1 atom stereocenters. The van der Waals surface area contributed by atoms with Gasteiger partial charge in [-0.25, -0.2) is 14.8 Å². The third kappa shape index (κ3) is 2.04. The molecule has 0 aliphatic heterocycles. The van der Waals surface area contributed by atoms with Crippen LogP contribution in [0.2, 0.25) is 0 Å². The number of hydrogen-bond donors (Lipinski definition) is 1. The maximum atomic E-state index is 11.0. The smallest absolute Gasteiger partial charge is 0.339 e. The summed E-state index contributed by atoms with van der Waals surface area (Å²) >= 11 is 0. The zero-order chi connectivity index (χ0) is 11.7. The second-order valence-electron chi connectivity index (χ2n) is 3.98. The third-order valence-electron chi connectivity index (χ3n) is 2.75. The maximum absolute atomic E-state index is 11.0. The molecule has 1 aromatic heterocycles. The van der Waals surface area contributed by atoms with Crippen LogP contribution in [0.15, 0.2) is 6.20 Å². The van der Waals surface area contributed by atoms with Crippen LogP contribution in [0.4, 0.5) is 0 Å². The van der Waals surface area contributed by atoms with Crippen molar-refractivity contribution in [2.45, 2.75) is 31.8 Å². The van der Waals surface area contributed by atoms with Gasteiger partial charge in [0.05, 0.1) is 11.3 Å². The van der Waals surface area contributed by atoms with Crippen LogP contribution in [0.3, 0.4) is 0 Å². The first-order chi connectivity index (χ1) is 7.63. The summed E-state index contributed by atoms with van der Waals surface area (Å²) in [5.74, 6) is -0.121. The number of carboxylic acid groups (broad SMARTS) is 1. The van der Waals surface area contributed by atoms with E-state index in [4.69, 9.17) is 9.84 Å². The molecule has 5 heteroatoms. The first-order valence-electron chi connectivity index (χ1n) is 5.26. The first-order valence-corrected chi connectivity index (χ1v) is 5.26.